The number of nitrogens with one attached hydrogen (secondary N) is 1. The molecule has 3 aromatic rings. The van der Waals surface area contributed by atoms with Gasteiger partial charge in [-0.3, -0.25) is 9.67 Å². The molecule has 0 saturated carbocycles. The molecule has 1 aromatic carbocycles. The third-order valence-corrected chi connectivity index (χ3v) is 3.40. The number of anilines is 2. The van der Waals surface area contributed by atoms with Gasteiger partial charge in [0.2, 0.25) is 0 Å². The van der Waals surface area contributed by atoms with Crippen LogP contribution in [0.2, 0.25) is 0 Å². The SMILES string of the molecule is CCc1nn(C)cc1Nc1c(C#N)cnc2ccccc12. The second-order valence-corrected chi connectivity index (χ2v) is 4.82. The molecule has 3 rings (SSSR count). The van der Waals surface area contributed by atoms with Crippen LogP contribution in [0, 0.1) is 11.3 Å². The Morgan fingerprint density at radius 1 is 1.33 bits per heavy atom. The third-order valence-electron chi connectivity index (χ3n) is 3.40. The van der Waals surface area contributed by atoms with Crippen LogP contribution in [0.25, 0.3) is 10.9 Å². The lowest BCUT2D eigenvalue weighted by atomic mass is 10.1. The van der Waals surface area contributed by atoms with Gasteiger partial charge in [-0.15, -0.1) is 0 Å². The van der Waals surface area contributed by atoms with Crippen LogP contribution in [0.15, 0.2) is 36.7 Å². The summed E-state index contributed by atoms with van der Waals surface area (Å²) in [5.41, 5.74) is 4.07. The fourth-order valence-corrected chi connectivity index (χ4v) is 2.40. The van der Waals surface area contributed by atoms with Gasteiger partial charge in [-0.1, -0.05) is 25.1 Å². The summed E-state index contributed by atoms with van der Waals surface area (Å²) >= 11 is 0. The van der Waals surface area contributed by atoms with Crippen molar-refractivity contribution in [2.75, 3.05) is 5.32 Å². The van der Waals surface area contributed by atoms with Gasteiger partial charge < -0.3 is 5.32 Å². The highest BCUT2D eigenvalue weighted by Crippen LogP contribution is 2.29. The molecule has 0 aliphatic carbocycles. The van der Waals surface area contributed by atoms with Crippen LogP contribution in [0.4, 0.5) is 11.4 Å². The molecule has 0 aliphatic rings. The Morgan fingerprint density at radius 2 is 2.14 bits per heavy atom. The van der Waals surface area contributed by atoms with Crippen molar-refractivity contribution in [1.29, 1.82) is 5.26 Å². The van der Waals surface area contributed by atoms with Crippen LogP contribution in [0.1, 0.15) is 18.2 Å². The number of para-hydroxylation sites is 1. The Balaban J connectivity index is 2.17. The number of aryl methyl sites for hydroxylation is 2. The number of rotatable bonds is 3. The maximum atomic E-state index is 9.34. The van der Waals surface area contributed by atoms with Crippen molar-refractivity contribution >= 4 is 22.3 Å². The summed E-state index contributed by atoms with van der Waals surface area (Å²) in [5.74, 6) is 0. The van der Waals surface area contributed by atoms with Crippen molar-refractivity contribution in [1.82, 2.24) is 14.8 Å². The van der Waals surface area contributed by atoms with Crippen molar-refractivity contribution in [3.63, 3.8) is 0 Å². The first-order valence-corrected chi connectivity index (χ1v) is 6.80. The molecule has 0 aliphatic heterocycles. The summed E-state index contributed by atoms with van der Waals surface area (Å²) in [6, 6.07) is 9.98. The van der Waals surface area contributed by atoms with Crippen molar-refractivity contribution in [3.05, 3.63) is 47.9 Å². The summed E-state index contributed by atoms with van der Waals surface area (Å²) in [7, 11) is 1.89. The van der Waals surface area contributed by atoms with E-state index in [9.17, 15) is 5.26 Å². The molecule has 0 unspecified atom stereocenters. The summed E-state index contributed by atoms with van der Waals surface area (Å²) in [5, 5.41) is 18.0. The van der Waals surface area contributed by atoms with Gasteiger partial charge >= 0.3 is 0 Å². The Labute approximate surface area is 122 Å². The van der Waals surface area contributed by atoms with Crippen LogP contribution >= 0.6 is 0 Å². The third kappa shape index (κ3) is 2.32. The molecule has 5 nitrogen and oxygen atoms in total. The largest absolute Gasteiger partial charge is 0.351 e. The number of hydrogen-bond acceptors (Lipinski definition) is 4. The summed E-state index contributed by atoms with van der Waals surface area (Å²) in [6.45, 7) is 2.06. The van der Waals surface area contributed by atoms with Gasteiger partial charge in [0.1, 0.15) is 6.07 Å². The maximum absolute atomic E-state index is 9.34. The molecule has 0 bridgehead atoms. The van der Waals surface area contributed by atoms with E-state index in [1.807, 2.05) is 37.5 Å². The van der Waals surface area contributed by atoms with Crippen molar-refractivity contribution < 1.29 is 0 Å². The number of nitrogens with zero attached hydrogens (tertiary/aromatic N) is 4. The number of pyridine rings is 1. The van der Waals surface area contributed by atoms with Gasteiger partial charge in [0.05, 0.1) is 28.1 Å². The minimum atomic E-state index is 0.527. The lowest BCUT2D eigenvalue weighted by Gasteiger charge is -2.10. The monoisotopic (exact) mass is 277 g/mol. The zero-order valence-corrected chi connectivity index (χ0v) is 12.0. The zero-order valence-electron chi connectivity index (χ0n) is 12.0. The first-order valence-electron chi connectivity index (χ1n) is 6.80. The molecule has 0 radical (unpaired) electrons. The molecule has 2 heterocycles. The van der Waals surface area contributed by atoms with Crippen LogP contribution in [-0.2, 0) is 13.5 Å². The molecule has 0 fully saturated rings. The molecular formula is C16H15N5. The molecule has 21 heavy (non-hydrogen) atoms. The number of fused-ring (bicyclic) bond motifs is 1. The number of nitriles is 1. The molecule has 0 spiro atoms. The van der Waals surface area contributed by atoms with Gasteiger partial charge in [-0.2, -0.15) is 10.4 Å². The number of hydrogen-bond donors (Lipinski definition) is 1. The van der Waals surface area contributed by atoms with Crippen molar-refractivity contribution in [2.45, 2.75) is 13.3 Å². The van der Waals surface area contributed by atoms with Crippen LogP contribution in [0.5, 0.6) is 0 Å². The van der Waals surface area contributed by atoms with E-state index in [0.717, 1.165) is 34.4 Å². The minimum absolute atomic E-state index is 0.527. The van der Waals surface area contributed by atoms with Gasteiger partial charge in [0.25, 0.3) is 0 Å². The van der Waals surface area contributed by atoms with E-state index in [4.69, 9.17) is 0 Å². The van der Waals surface area contributed by atoms with Crippen LogP contribution in [0.3, 0.4) is 0 Å². The lowest BCUT2D eigenvalue weighted by molar-refractivity contribution is 0.746. The molecule has 5 heteroatoms. The fourth-order valence-electron chi connectivity index (χ4n) is 2.40. The molecular weight excluding hydrogens is 262 g/mol. The average Bonchev–Trinajstić information content (AvgIpc) is 2.87. The Morgan fingerprint density at radius 3 is 2.90 bits per heavy atom. The quantitative estimate of drug-likeness (QED) is 0.798. The lowest BCUT2D eigenvalue weighted by Crippen LogP contribution is -1.98. The van der Waals surface area contributed by atoms with E-state index in [1.165, 1.54) is 0 Å². The first-order chi connectivity index (χ1) is 10.2. The van der Waals surface area contributed by atoms with E-state index in [-0.39, 0.29) is 0 Å². The minimum Gasteiger partial charge on any atom is -0.351 e. The molecule has 0 saturated heterocycles. The topological polar surface area (TPSA) is 66.5 Å². The smallest absolute Gasteiger partial charge is 0.103 e. The highest BCUT2D eigenvalue weighted by molar-refractivity contribution is 5.95. The van der Waals surface area contributed by atoms with Gasteiger partial charge in [0, 0.05) is 24.8 Å². The predicted molar refractivity (Wildman–Crippen MR) is 82.3 cm³/mol. The number of benzene rings is 1. The van der Waals surface area contributed by atoms with E-state index >= 15 is 0 Å². The molecule has 0 amide bonds. The van der Waals surface area contributed by atoms with Gasteiger partial charge in [0.15, 0.2) is 0 Å². The molecule has 104 valence electrons. The van der Waals surface area contributed by atoms with Gasteiger partial charge in [-0.05, 0) is 12.5 Å². The van der Waals surface area contributed by atoms with Crippen LogP contribution in [-0.4, -0.2) is 14.8 Å². The molecule has 1 N–H and O–H groups in total. The van der Waals surface area contributed by atoms with E-state index in [1.54, 1.807) is 10.9 Å². The highest BCUT2D eigenvalue weighted by Gasteiger charge is 2.12. The standard InChI is InChI=1S/C16H15N5/c1-3-13-15(10-21(2)20-13)19-16-11(8-17)9-18-14-7-5-4-6-12(14)16/h4-7,9-10H,3H2,1-2H3,(H,18,19). The van der Waals surface area contributed by atoms with Crippen LogP contribution < -0.4 is 5.32 Å². The molecule has 0 atom stereocenters. The Hall–Kier alpha value is -2.87. The van der Waals surface area contributed by atoms with E-state index in [2.05, 4.69) is 28.4 Å². The summed E-state index contributed by atoms with van der Waals surface area (Å²) < 4.78 is 1.77. The zero-order chi connectivity index (χ0) is 14.8. The average molecular weight is 277 g/mol. The first kappa shape index (κ1) is 13.1. The Bertz CT molecular complexity index is 841. The summed E-state index contributed by atoms with van der Waals surface area (Å²) in [4.78, 5) is 4.32. The van der Waals surface area contributed by atoms with E-state index < -0.39 is 0 Å². The summed E-state index contributed by atoms with van der Waals surface area (Å²) in [6.07, 6.45) is 4.36. The molecule has 2 aromatic heterocycles. The van der Waals surface area contributed by atoms with E-state index in [0.29, 0.717) is 5.56 Å². The maximum Gasteiger partial charge on any atom is 0.103 e. The fraction of sp³-hybridized carbons (Fsp3) is 0.188. The van der Waals surface area contributed by atoms with Crippen molar-refractivity contribution in [2.24, 2.45) is 7.05 Å². The van der Waals surface area contributed by atoms with Gasteiger partial charge in [-0.25, -0.2) is 0 Å². The Kier molecular flexibility index (Phi) is 3.28. The number of aromatic nitrogens is 3. The van der Waals surface area contributed by atoms with Crippen molar-refractivity contribution in [3.8, 4) is 6.07 Å². The highest BCUT2D eigenvalue weighted by atomic mass is 15.3. The second-order valence-electron chi connectivity index (χ2n) is 4.82. The second kappa shape index (κ2) is 5.25. The normalized spacial score (nSPS) is 10.5. The predicted octanol–water partition coefficient (Wildman–Crippen LogP) is 3.15.